The number of hydrogen-bond donors (Lipinski definition) is 1. The van der Waals surface area contributed by atoms with Crippen molar-refractivity contribution in [2.24, 2.45) is 0 Å². The number of rotatable bonds is 4. The van der Waals surface area contributed by atoms with E-state index in [1.807, 2.05) is 30.3 Å². The zero-order valence-electron chi connectivity index (χ0n) is 14.7. The first-order valence-corrected chi connectivity index (χ1v) is 8.55. The summed E-state index contributed by atoms with van der Waals surface area (Å²) in [4.78, 5) is 26.9. The molecular formula is C20H20N2O4. The highest BCUT2D eigenvalue weighted by atomic mass is 16.7. The minimum absolute atomic E-state index is 0.0234. The van der Waals surface area contributed by atoms with E-state index in [1.54, 1.807) is 36.9 Å². The van der Waals surface area contributed by atoms with Gasteiger partial charge >= 0.3 is 0 Å². The largest absolute Gasteiger partial charge is 0.454 e. The van der Waals surface area contributed by atoms with Crippen LogP contribution in [0.4, 0.5) is 5.69 Å². The van der Waals surface area contributed by atoms with E-state index in [2.05, 4.69) is 5.32 Å². The van der Waals surface area contributed by atoms with Crippen molar-refractivity contribution in [2.45, 2.75) is 31.8 Å². The lowest BCUT2D eigenvalue weighted by molar-refractivity contribution is -0.160. The molecule has 2 amide bonds. The molecule has 2 heterocycles. The van der Waals surface area contributed by atoms with Crippen molar-refractivity contribution in [2.75, 3.05) is 12.1 Å². The molecule has 1 atom stereocenters. The fraction of sp³-hybridized carbons (Fsp3) is 0.300. The van der Waals surface area contributed by atoms with Crippen molar-refractivity contribution in [3.8, 4) is 11.5 Å². The van der Waals surface area contributed by atoms with Crippen LogP contribution in [0.1, 0.15) is 31.9 Å². The Labute approximate surface area is 151 Å². The van der Waals surface area contributed by atoms with Gasteiger partial charge in [0.05, 0.1) is 12.5 Å². The SMILES string of the molecule is CC(C)(C(=O)Nc1ccc2c(c1)OCO2)N1C(=O)CC1c1ccccc1. The van der Waals surface area contributed by atoms with Gasteiger partial charge in [-0.1, -0.05) is 30.3 Å². The lowest BCUT2D eigenvalue weighted by Crippen LogP contribution is -2.62. The Bertz CT molecular complexity index is 863. The molecule has 2 aliphatic rings. The molecule has 0 saturated carbocycles. The van der Waals surface area contributed by atoms with E-state index in [-0.39, 0.29) is 24.6 Å². The monoisotopic (exact) mass is 352 g/mol. The summed E-state index contributed by atoms with van der Waals surface area (Å²) in [7, 11) is 0. The van der Waals surface area contributed by atoms with Crippen LogP contribution in [0.25, 0.3) is 0 Å². The van der Waals surface area contributed by atoms with E-state index in [0.717, 1.165) is 5.56 Å². The van der Waals surface area contributed by atoms with E-state index in [0.29, 0.717) is 23.6 Å². The van der Waals surface area contributed by atoms with Gasteiger partial charge in [0, 0.05) is 11.8 Å². The fourth-order valence-electron chi connectivity index (χ4n) is 3.43. The Kier molecular flexibility index (Phi) is 3.83. The number of nitrogens with zero attached hydrogens (tertiary/aromatic N) is 1. The molecule has 4 rings (SSSR count). The lowest BCUT2D eigenvalue weighted by atomic mass is 9.86. The van der Waals surface area contributed by atoms with Crippen molar-refractivity contribution in [3.63, 3.8) is 0 Å². The summed E-state index contributed by atoms with van der Waals surface area (Å²) in [6.45, 7) is 3.71. The van der Waals surface area contributed by atoms with Crippen LogP contribution in [-0.4, -0.2) is 29.0 Å². The number of amides is 2. The van der Waals surface area contributed by atoms with Gasteiger partial charge in [0.2, 0.25) is 18.6 Å². The molecule has 1 fully saturated rings. The number of β-lactam (4-membered cyclic amide) rings is 1. The van der Waals surface area contributed by atoms with Crippen LogP contribution in [0.3, 0.4) is 0 Å². The summed E-state index contributed by atoms with van der Waals surface area (Å²) >= 11 is 0. The van der Waals surface area contributed by atoms with Gasteiger partial charge in [-0.2, -0.15) is 0 Å². The lowest BCUT2D eigenvalue weighted by Gasteiger charge is -2.49. The number of fused-ring (bicyclic) bond motifs is 1. The number of nitrogens with one attached hydrogen (secondary N) is 1. The molecular weight excluding hydrogens is 332 g/mol. The minimum atomic E-state index is -0.980. The van der Waals surface area contributed by atoms with Gasteiger partial charge in [-0.25, -0.2) is 0 Å². The molecule has 0 spiro atoms. The number of carbonyl (C=O) groups is 2. The summed E-state index contributed by atoms with van der Waals surface area (Å²) in [5.41, 5.74) is 0.666. The highest BCUT2D eigenvalue weighted by molar-refractivity contribution is 6.01. The molecule has 1 saturated heterocycles. The van der Waals surface area contributed by atoms with Gasteiger partial charge in [-0.3, -0.25) is 9.59 Å². The third kappa shape index (κ3) is 2.67. The average Bonchev–Trinajstić information content (AvgIpc) is 3.07. The number of benzene rings is 2. The predicted molar refractivity (Wildman–Crippen MR) is 95.9 cm³/mol. The third-order valence-electron chi connectivity index (χ3n) is 4.92. The third-order valence-corrected chi connectivity index (χ3v) is 4.92. The van der Waals surface area contributed by atoms with E-state index < -0.39 is 5.54 Å². The first-order valence-electron chi connectivity index (χ1n) is 8.55. The summed E-state index contributed by atoms with van der Waals surface area (Å²) in [6.07, 6.45) is 0.421. The number of anilines is 1. The van der Waals surface area contributed by atoms with Gasteiger partial charge in [-0.05, 0) is 31.5 Å². The molecule has 6 heteroatoms. The Morgan fingerprint density at radius 3 is 2.58 bits per heavy atom. The summed E-state index contributed by atoms with van der Waals surface area (Å²) < 4.78 is 10.6. The van der Waals surface area contributed by atoms with Crippen LogP contribution in [-0.2, 0) is 9.59 Å². The zero-order valence-corrected chi connectivity index (χ0v) is 14.7. The Morgan fingerprint density at radius 1 is 1.12 bits per heavy atom. The fourth-order valence-corrected chi connectivity index (χ4v) is 3.43. The smallest absolute Gasteiger partial charge is 0.249 e. The maximum Gasteiger partial charge on any atom is 0.249 e. The van der Waals surface area contributed by atoms with Crippen molar-refractivity contribution in [1.82, 2.24) is 4.90 Å². The molecule has 0 aromatic heterocycles. The summed E-state index contributed by atoms with van der Waals surface area (Å²) in [5, 5.41) is 2.89. The van der Waals surface area contributed by atoms with Crippen LogP contribution in [0.2, 0.25) is 0 Å². The van der Waals surface area contributed by atoms with Crippen LogP contribution < -0.4 is 14.8 Å². The minimum Gasteiger partial charge on any atom is -0.454 e. The Balaban J connectivity index is 1.53. The maximum atomic E-state index is 12.9. The molecule has 6 nitrogen and oxygen atoms in total. The molecule has 1 N–H and O–H groups in total. The highest BCUT2D eigenvalue weighted by Crippen LogP contribution is 2.41. The van der Waals surface area contributed by atoms with Crippen LogP contribution in [0.5, 0.6) is 11.5 Å². The number of hydrogen-bond acceptors (Lipinski definition) is 4. The van der Waals surface area contributed by atoms with Gasteiger partial charge in [0.1, 0.15) is 5.54 Å². The van der Waals surface area contributed by atoms with Crippen molar-refractivity contribution >= 4 is 17.5 Å². The average molecular weight is 352 g/mol. The van der Waals surface area contributed by atoms with Gasteiger partial charge in [0.15, 0.2) is 11.5 Å². The quantitative estimate of drug-likeness (QED) is 0.859. The molecule has 0 radical (unpaired) electrons. The first-order chi connectivity index (χ1) is 12.5. The van der Waals surface area contributed by atoms with Gasteiger partial charge in [0.25, 0.3) is 0 Å². The summed E-state index contributed by atoms with van der Waals surface area (Å²) in [5.74, 6) is 0.988. The topological polar surface area (TPSA) is 67.9 Å². The second-order valence-electron chi connectivity index (χ2n) is 6.98. The molecule has 1 unspecified atom stereocenters. The van der Waals surface area contributed by atoms with E-state index in [1.165, 1.54) is 0 Å². The maximum absolute atomic E-state index is 12.9. The zero-order chi connectivity index (χ0) is 18.3. The second kappa shape index (κ2) is 6.05. The summed E-state index contributed by atoms with van der Waals surface area (Å²) in [6, 6.07) is 14.9. The predicted octanol–water partition coefficient (Wildman–Crippen LogP) is 3.11. The van der Waals surface area contributed by atoms with E-state index in [9.17, 15) is 9.59 Å². The number of ether oxygens (including phenoxy) is 2. The molecule has 2 aliphatic heterocycles. The number of likely N-dealkylation sites (tertiary alicyclic amines) is 1. The van der Waals surface area contributed by atoms with Crippen LogP contribution in [0, 0.1) is 0 Å². The van der Waals surface area contributed by atoms with Crippen LogP contribution in [0.15, 0.2) is 48.5 Å². The molecule has 0 aliphatic carbocycles. The van der Waals surface area contributed by atoms with E-state index >= 15 is 0 Å². The van der Waals surface area contributed by atoms with Crippen LogP contribution >= 0.6 is 0 Å². The van der Waals surface area contributed by atoms with Crippen molar-refractivity contribution in [1.29, 1.82) is 0 Å². The normalized spacial score (nSPS) is 18.5. The first kappa shape index (κ1) is 16.4. The van der Waals surface area contributed by atoms with E-state index in [4.69, 9.17) is 9.47 Å². The standard InChI is InChI=1S/C20H20N2O4/c1-20(2,22-15(11-18(22)23)13-6-4-3-5-7-13)19(24)21-14-8-9-16-17(10-14)26-12-25-16/h3-10,15H,11-12H2,1-2H3,(H,21,24). The molecule has 0 bridgehead atoms. The molecule has 134 valence electrons. The molecule has 26 heavy (non-hydrogen) atoms. The highest BCUT2D eigenvalue weighted by Gasteiger charge is 2.49. The molecule has 2 aromatic carbocycles. The Hall–Kier alpha value is -3.02. The van der Waals surface area contributed by atoms with Crippen molar-refractivity contribution < 1.29 is 19.1 Å². The second-order valence-corrected chi connectivity index (χ2v) is 6.98. The van der Waals surface area contributed by atoms with Gasteiger partial charge in [-0.15, -0.1) is 0 Å². The van der Waals surface area contributed by atoms with Gasteiger partial charge < -0.3 is 19.7 Å². The molecule has 2 aromatic rings. The Morgan fingerprint density at radius 2 is 1.85 bits per heavy atom. The number of carbonyl (C=O) groups excluding carboxylic acids is 2. The van der Waals surface area contributed by atoms with Crippen molar-refractivity contribution in [3.05, 3.63) is 54.1 Å².